The van der Waals surface area contributed by atoms with E-state index in [4.69, 9.17) is 9.97 Å². The van der Waals surface area contributed by atoms with Gasteiger partial charge in [0.05, 0.1) is 18.0 Å². The number of hydrogen-bond donors (Lipinski definition) is 1. The topological polar surface area (TPSA) is 52.5 Å². The summed E-state index contributed by atoms with van der Waals surface area (Å²) in [6.45, 7) is 2.27. The molecule has 0 aliphatic carbocycles. The van der Waals surface area contributed by atoms with Crippen LogP contribution in [0.2, 0.25) is 0 Å². The number of rotatable bonds is 4. The molecular formula is C20H24N4OS. The number of fused-ring (bicyclic) bond motifs is 1. The Bertz CT molecular complexity index is 893. The van der Waals surface area contributed by atoms with Crippen LogP contribution >= 0.6 is 11.3 Å². The average Bonchev–Trinajstić information content (AvgIpc) is 3.05. The van der Waals surface area contributed by atoms with E-state index < -0.39 is 0 Å². The van der Waals surface area contributed by atoms with Crippen LogP contribution in [-0.2, 0) is 6.54 Å². The lowest BCUT2D eigenvalue weighted by molar-refractivity contribution is 0.154. The van der Waals surface area contributed by atoms with Gasteiger partial charge in [-0.2, -0.15) is 0 Å². The van der Waals surface area contributed by atoms with Crippen molar-refractivity contribution >= 4 is 27.4 Å². The molecule has 2 aromatic heterocycles. The third-order valence-corrected chi connectivity index (χ3v) is 5.57. The molecule has 3 aromatic rings. The smallest absolute Gasteiger partial charge is 0.146 e. The Morgan fingerprint density at radius 1 is 1.23 bits per heavy atom. The van der Waals surface area contributed by atoms with Gasteiger partial charge in [0.1, 0.15) is 16.5 Å². The SMILES string of the molecule is CN(C)Cc1nc(N2CCCC(O)C2)c2c(-c3ccccc3)csc2n1. The molecule has 0 amide bonds. The van der Waals surface area contributed by atoms with Crippen LogP contribution < -0.4 is 4.90 Å². The summed E-state index contributed by atoms with van der Waals surface area (Å²) in [6.07, 6.45) is 1.56. The summed E-state index contributed by atoms with van der Waals surface area (Å²) in [5.41, 5.74) is 2.36. The van der Waals surface area contributed by atoms with Crippen LogP contribution in [0.1, 0.15) is 18.7 Å². The Hall–Kier alpha value is -2.02. The average molecular weight is 369 g/mol. The van der Waals surface area contributed by atoms with E-state index >= 15 is 0 Å². The van der Waals surface area contributed by atoms with Crippen LogP contribution in [0.25, 0.3) is 21.3 Å². The zero-order valence-electron chi connectivity index (χ0n) is 15.2. The summed E-state index contributed by atoms with van der Waals surface area (Å²) in [7, 11) is 4.06. The van der Waals surface area contributed by atoms with Crippen LogP contribution in [0.4, 0.5) is 5.82 Å². The summed E-state index contributed by atoms with van der Waals surface area (Å²) in [6, 6.07) is 10.4. The maximum absolute atomic E-state index is 10.2. The van der Waals surface area contributed by atoms with Gasteiger partial charge < -0.3 is 14.9 Å². The van der Waals surface area contributed by atoms with Crippen molar-refractivity contribution in [2.45, 2.75) is 25.5 Å². The Kier molecular flexibility index (Phi) is 4.89. The molecule has 1 saturated heterocycles. The minimum Gasteiger partial charge on any atom is -0.391 e. The standard InChI is InChI=1S/C20H24N4OS/c1-23(2)12-17-21-19(24-10-6-9-15(25)11-24)18-16(13-26-20(18)22-17)14-7-4-3-5-8-14/h3-5,7-8,13,15,25H,6,9-12H2,1-2H3. The van der Waals surface area contributed by atoms with Gasteiger partial charge in [0, 0.05) is 24.0 Å². The normalized spacial score (nSPS) is 18.0. The molecule has 1 aliphatic rings. The Morgan fingerprint density at radius 2 is 2.04 bits per heavy atom. The van der Waals surface area contributed by atoms with Crippen molar-refractivity contribution in [3.63, 3.8) is 0 Å². The number of piperidine rings is 1. The van der Waals surface area contributed by atoms with E-state index in [0.29, 0.717) is 13.1 Å². The second-order valence-electron chi connectivity index (χ2n) is 7.14. The van der Waals surface area contributed by atoms with Gasteiger partial charge in [0.25, 0.3) is 0 Å². The summed E-state index contributed by atoms with van der Waals surface area (Å²) >= 11 is 1.67. The fourth-order valence-electron chi connectivity index (χ4n) is 3.53. The minimum atomic E-state index is -0.287. The lowest BCUT2D eigenvalue weighted by Crippen LogP contribution is -2.39. The highest BCUT2D eigenvalue weighted by atomic mass is 32.1. The van der Waals surface area contributed by atoms with E-state index in [9.17, 15) is 5.11 Å². The predicted octanol–water partition coefficient (Wildman–Crippen LogP) is 3.38. The van der Waals surface area contributed by atoms with Gasteiger partial charge in [-0.25, -0.2) is 9.97 Å². The van der Waals surface area contributed by atoms with Crippen LogP contribution in [0.15, 0.2) is 35.7 Å². The maximum atomic E-state index is 10.2. The number of aromatic nitrogens is 2. The van der Waals surface area contributed by atoms with Crippen LogP contribution in [0, 0.1) is 0 Å². The summed E-state index contributed by atoms with van der Waals surface area (Å²) < 4.78 is 0. The molecule has 0 spiro atoms. The van der Waals surface area contributed by atoms with Gasteiger partial charge in [0.15, 0.2) is 0 Å². The van der Waals surface area contributed by atoms with E-state index in [2.05, 4.69) is 39.4 Å². The first-order valence-electron chi connectivity index (χ1n) is 9.03. The van der Waals surface area contributed by atoms with E-state index in [1.807, 2.05) is 20.2 Å². The largest absolute Gasteiger partial charge is 0.391 e. The first kappa shape index (κ1) is 17.4. The molecule has 1 fully saturated rings. The van der Waals surface area contributed by atoms with Crippen molar-refractivity contribution in [1.82, 2.24) is 14.9 Å². The van der Waals surface area contributed by atoms with Gasteiger partial charge in [-0.1, -0.05) is 30.3 Å². The highest BCUT2D eigenvalue weighted by Gasteiger charge is 2.24. The predicted molar refractivity (Wildman–Crippen MR) is 108 cm³/mol. The number of anilines is 1. The zero-order valence-corrected chi connectivity index (χ0v) is 16.0. The molecule has 1 unspecified atom stereocenters. The monoisotopic (exact) mass is 368 g/mol. The van der Waals surface area contributed by atoms with Crippen molar-refractivity contribution in [3.05, 3.63) is 41.5 Å². The summed E-state index contributed by atoms with van der Waals surface area (Å²) in [5, 5.41) is 13.5. The van der Waals surface area contributed by atoms with E-state index in [1.54, 1.807) is 11.3 Å². The van der Waals surface area contributed by atoms with Gasteiger partial charge >= 0.3 is 0 Å². The molecule has 3 heterocycles. The van der Waals surface area contributed by atoms with Gasteiger partial charge in [0.2, 0.25) is 0 Å². The van der Waals surface area contributed by atoms with Gasteiger partial charge in [-0.15, -0.1) is 11.3 Å². The summed E-state index contributed by atoms with van der Waals surface area (Å²) in [5.74, 6) is 1.80. The Morgan fingerprint density at radius 3 is 2.77 bits per heavy atom. The number of thiophene rings is 1. The van der Waals surface area contributed by atoms with Gasteiger partial charge in [-0.3, -0.25) is 0 Å². The third kappa shape index (κ3) is 3.45. The molecule has 5 nitrogen and oxygen atoms in total. The number of benzene rings is 1. The fourth-order valence-corrected chi connectivity index (χ4v) is 4.49. The zero-order chi connectivity index (χ0) is 18.1. The number of β-amino-alcohol motifs (C(OH)–C–C–N with tert-alkyl or cyclic N) is 1. The van der Waals surface area contributed by atoms with Crippen LogP contribution in [0.3, 0.4) is 0 Å². The third-order valence-electron chi connectivity index (χ3n) is 4.70. The first-order chi connectivity index (χ1) is 12.6. The second-order valence-corrected chi connectivity index (χ2v) is 8.00. The number of nitrogens with zero attached hydrogens (tertiary/aromatic N) is 4. The molecule has 4 rings (SSSR count). The van der Waals surface area contributed by atoms with Crippen molar-refractivity contribution in [1.29, 1.82) is 0 Å². The van der Waals surface area contributed by atoms with Crippen LogP contribution in [-0.4, -0.2) is 53.3 Å². The molecule has 0 saturated carbocycles. The number of aliphatic hydroxyl groups is 1. The highest BCUT2D eigenvalue weighted by molar-refractivity contribution is 7.17. The molecule has 0 bridgehead atoms. The van der Waals surface area contributed by atoms with Gasteiger partial charge in [-0.05, 0) is 32.5 Å². The Labute approximate surface area is 157 Å². The number of hydrogen-bond acceptors (Lipinski definition) is 6. The Balaban J connectivity index is 1.88. The fraction of sp³-hybridized carbons (Fsp3) is 0.400. The molecule has 0 radical (unpaired) electrons. The molecule has 1 N–H and O–H groups in total. The van der Waals surface area contributed by atoms with E-state index in [1.165, 1.54) is 11.1 Å². The minimum absolute atomic E-state index is 0.287. The second kappa shape index (κ2) is 7.31. The van der Waals surface area contributed by atoms with Crippen molar-refractivity contribution in [3.8, 4) is 11.1 Å². The maximum Gasteiger partial charge on any atom is 0.146 e. The highest BCUT2D eigenvalue weighted by Crippen LogP contribution is 2.39. The lowest BCUT2D eigenvalue weighted by atomic mass is 10.0. The molecule has 136 valence electrons. The van der Waals surface area contributed by atoms with Crippen molar-refractivity contribution in [2.24, 2.45) is 0 Å². The van der Waals surface area contributed by atoms with Crippen molar-refractivity contribution < 1.29 is 5.11 Å². The molecule has 6 heteroatoms. The van der Waals surface area contributed by atoms with Crippen molar-refractivity contribution in [2.75, 3.05) is 32.1 Å². The summed E-state index contributed by atoms with van der Waals surface area (Å²) in [4.78, 5) is 15.1. The van der Waals surface area contributed by atoms with E-state index in [0.717, 1.165) is 41.2 Å². The lowest BCUT2D eigenvalue weighted by Gasteiger charge is -2.32. The molecule has 1 aromatic carbocycles. The van der Waals surface area contributed by atoms with E-state index in [-0.39, 0.29) is 6.10 Å². The molecule has 1 aliphatic heterocycles. The van der Waals surface area contributed by atoms with Crippen LogP contribution in [0.5, 0.6) is 0 Å². The molecule has 1 atom stereocenters. The first-order valence-corrected chi connectivity index (χ1v) is 9.91. The quantitative estimate of drug-likeness (QED) is 0.765. The number of aliphatic hydroxyl groups excluding tert-OH is 1. The molecule has 26 heavy (non-hydrogen) atoms. The molecular weight excluding hydrogens is 344 g/mol.